The molecule has 0 aliphatic rings. The lowest BCUT2D eigenvalue weighted by atomic mass is 10.2. The molecule has 3 aromatic rings. The Bertz CT molecular complexity index is 1040. The number of nitrogens with zero attached hydrogens (tertiary/aromatic N) is 1. The van der Waals surface area contributed by atoms with Crippen molar-refractivity contribution in [3.63, 3.8) is 0 Å². The van der Waals surface area contributed by atoms with Crippen molar-refractivity contribution in [3.8, 4) is 6.07 Å². The fraction of sp³-hybridized carbons (Fsp3) is 0.105. The maximum Gasteiger partial charge on any atom is 0.350 e. The van der Waals surface area contributed by atoms with E-state index >= 15 is 0 Å². The van der Waals surface area contributed by atoms with E-state index in [-0.39, 0.29) is 4.88 Å². The van der Waals surface area contributed by atoms with Crippen molar-refractivity contribution in [2.24, 2.45) is 0 Å². The highest BCUT2D eigenvalue weighted by atomic mass is 35.5. The lowest BCUT2D eigenvalue weighted by Gasteiger charge is -2.13. The Balaban J connectivity index is 1.71. The van der Waals surface area contributed by atoms with Crippen LogP contribution < -0.4 is 5.32 Å². The molecule has 0 unspecified atom stereocenters. The van der Waals surface area contributed by atoms with Crippen molar-refractivity contribution in [2.75, 3.05) is 5.32 Å². The van der Waals surface area contributed by atoms with Crippen molar-refractivity contribution < 1.29 is 14.3 Å². The minimum absolute atomic E-state index is 0.263. The molecule has 0 fully saturated rings. The molecule has 0 aliphatic carbocycles. The summed E-state index contributed by atoms with van der Waals surface area (Å²) in [6, 6.07) is 15.8. The Kier molecular flexibility index (Phi) is 5.21. The first kappa shape index (κ1) is 17.9. The predicted molar refractivity (Wildman–Crippen MR) is 101 cm³/mol. The normalized spacial score (nSPS) is 11.6. The molecule has 5 nitrogen and oxygen atoms in total. The molecule has 7 heteroatoms. The van der Waals surface area contributed by atoms with Gasteiger partial charge in [0.15, 0.2) is 6.10 Å². The number of anilines is 1. The summed E-state index contributed by atoms with van der Waals surface area (Å²) in [6.07, 6.45) is -1.02. The Morgan fingerprint density at radius 1 is 1.23 bits per heavy atom. The molecule has 1 aromatic heterocycles. The Morgan fingerprint density at radius 3 is 2.73 bits per heavy atom. The van der Waals surface area contributed by atoms with Crippen LogP contribution in [0.1, 0.15) is 22.2 Å². The number of rotatable bonds is 4. The van der Waals surface area contributed by atoms with Gasteiger partial charge in [0.1, 0.15) is 4.88 Å². The first-order valence-corrected chi connectivity index (χ1v) is 8.88. The van der Waals surface area contributed by atoms with Gasteiger partial charge >= 0.3 is 5.97 Å². The van der Waals surface area contributed by atoms with Crippen LogP contribution in [0.2, 0.25) is 5.02 Å². The second kappa shape index (κ2) is 7.56. The highest BCUT2D eigenvalue weighted by molar-refractivity contribution is 7.21. The maximum atomic E-state index is 12.4. The number of hydrogen-bond donors (Lipinski definition) is 1. The van der Waals surface area contributed by atoms with E-state index in [0.29, 0.717) is 16.3 Å². The van der Waals surface area contributed by atoms with Crippen molar-refractivity contribution in [2.45, 2.75) is 13.0 Å². The molecule has 1 heterocycles. The Labute approximate surface area is 158 Å². The van der Waals surface area contributed by atoms with E-state index in [1.165, 1.54) is 24.3 Å². The van der Waals surface area contributed by atoms with Crippen LogP contribution in [0.15, 0.2) is 48.5 Å². The Hall–Kier alpha value is -2.88. The van der Waals surface area contributed by atoms with E-state index in [1.807, 2.05) is 30.3 Å². The number of thiophene rings is 1. The zero-order chi connectivity index (χ0) is 18.7. The number of carbonyl (C=O) groups is 2. The molecule has 3 rings (SSSR count). The van der Waals surface area contributed by atoms with Gasteiger partial charge in [-0.1, -0.05) is 35.9 Å². The number of benzene rings is 2. The number of esters is 1. The molecule has 0 saturated carbocycles. The molecule has 0 aliphatic heterocycles. The fourth-order valence-corrected chi connectivity index (χ4v) is 3.71. The van der Waals surface area contributed by atoms with Crippen LogP contribution in [0.5, 0.6) is 0 Å². The summed E-state index contributed by atoms with van der Waals surface area (Å²) < 4.78 is 6.12. The van der Waals surface area contributed by atoms with Gasteiger partial charge in [0.25, 0.3) is 5.91 Å². The highest BCUT2D eigenvalue weighted by Gasteiger charge is 2.23. The largest absolute Gasteiger partial charge is 0.448 e. The molecule has 0 radical (unpaired) electrons. The number of nitrogens with one attached hydrogen (secondary N) is 1. The minimum Gasteiger partial charge on any atom is -0.448 e. The van der Waals surface area contributed by atoms with E-state index in [0.717, 1.165) is 10.1 Å². The first-order valence-electron chi connectivity index (χ1n) is 7.68. The van der Waals surface area contributed by atoms with E-state index in [1.54, 1.807) is 18.2 Å². The van der Waals surface area contributed by atoms with Gasteiger partial charge in [-0.25, -0.2) is 4.79 Å². The number of nitriles is 1. The van der Waals surface area contributed by atoms with E-state index in [9.17, 15) is 9.59 Å². The van der Waals surface area contributed by atoms with Gasteiger partial charge in [0, 0.05) is 15.8 Å². The number of amides is 1. The van der Waals surface area contributed by atoms with Crippen LogP contribution in [0.3, 0.4) is 0 Å². The van der Waals surface area contributed by atoms with Crippen molar-refractivity contribution in [1.82, 2.24) is 0 Å². The lowest BCUT2D eigenvalue weighted by molar-refractivity contribution is -0.123. The van der Waals surface area contributed by atoms with Gasteiger partial charge in [0.05, 0.1) is 16.7 Å². The number of ether oxygens (including phenoxy) is 1. The smallest absolute Gasteiger partial charge is 0.350 e. The second-order valence-corrected chi connectivity index (χ2v) is 6.90. The molecular formula is C19H13ClN2O3S. The van der Waals surface area contributed by atoms with Crippen molar-refractivity contribution >= 4 is 50.6 Å². The minimum atomic E-state index is -1.02. The standard InChI is InChI=1S/C19H13ClN2O3S/c1-11(18(23)22-13-6-4-5-12(9-13)10-21)25-19(24)17-16(20)14-7-2-3-8-15(14)26-17/h2-9,11H,1H3,(H,22,23)/t11-/m0/s1. The molecule has 0 saturated heterocycles. The molecule has 26 heavy (non-hydrogen) atoms. The molecule has 1 atom stereocenters. The SMILES string of the molecule is C[C@H](OC(=O)c1sc2ccccc2c1Cl)C(=O)Nc1cccc(C#N)c1. The molecule has 130 valence electrons. The van der Waals surface area contributed by atoms with Crippen LogP contribution in [0.4, 0.5) is 5.69 Å². The van der Waals surface area contributed by atoms with E-state index < -0.39 is 18.0 Å². The summed E-state index contributed by atoms with van der Waals surface area (Å²) in [5.74, 6) is -1.14. The number of carbonyl (C=O) groups excluding carboxylic acids is 2. The zero-order valence-corrected chi connectivity index (χ0v) is 15.2. The zero-order valence-electron chi connectivity index (χ0n) is 13.7. The fourth-order valence-electron chi connectivity index (χ4n) is 2.32. The van der Waals surface area contributed by atoms with Crippen LogP contribution in [0.25, 0.3) is 10.1 Å². The van der Waals surface area contributed by atoms with Gasteiger partial charge in [-0.2, -0.15) is 5.26 Å². The van der Waals surface area contributed by atoms with Crippen LogP contribution in [-0.2, 0) is 9.53 Å². The lowest BCUT2D eigenvalue weighted by Crippen LogP contribution is -2.29. The van der Waals surface area contributed by atoms with E-state index in [2.05, 4.69) is 5.32 Å². The molecule has 0 spiro atoms. The first-order chi connectivity index (χ1) is 12.5. The quantitative estimate of drug-likeness (QED) is 0.666. The van der Waals surface area contributed by atoms with Crippen LogP contribution in [-0.4, -0.2) is 18.0 Å². The molecule has 1 amide bonds. The number of fused-ring (bicyclic) bond motifs is 1. The summed E-state index contributed by atoms with van der Waals surface area (Å²) in [6.45, 7) is 1.47. The van der Waals surface area contributed by atoms with Gasteiger partial charge in [0.2, 0.25) is 0 Å². The highest BCUT2D eigenvalue weighted by Crippen LogP contribution is 2.35. The predicted octanol–water partition coefficient (Wildman–Crippen LogP) is 4.61. The summed E-state index contributed by atoms with van der Waals surface area (Å²) >= 11 is 7.48. The molecule has 2 aromatic carbocycles. The molecule has 0 bridgehead atoms. The summed E-state index contributed by atoms with van der Waals surface area (Å²) in [5.41, 5.74) is 0.876. The average Bonchev–Trinajstić information content (AvgIpc) is 2.99. The van der Waals surface area contributed by atoms with Gasteiger partial charge in [-0.3, -0.25) is 4.79 Å². The summed E-state index contributed by atoms with van der Waals surface area (Å²) in [4.78, 5) is 24.9. The monoisotopic (exact) mass is 384 g/mol. The number of halogens is 1. The Morgan fingerprint density at radius 2 is 2.00 bits per heavy atom. The van der Waals surface area contributed by atoms with Crippen molar-refractivity contribution in [3.05, 3.63) is 64.0 Å². The average molecular weight is 385 g/mol. The van der Waals surface area contributed by atoms with Crippen LogP contribution in [0, 0.1) is 11.3 Å². The van der Waals surface area contributed by atoms with Crippen molar-refractivity contribution in [1.29, 1.82) is 5.26 Å². The molecule has 1 N–H and O–H groups in total. The summed E-state index contributed by atoms with van der Waals surface area (Å²) in [7, 11) is 0. The number of hydrogen-bond acceptors (Lipinski definition) is 5. The third-order valence-corrected chi connectivity index (χ3v) is 5.29. The van der Waals surface area contributed by atoms with Gasteiger partial charge in [-0.15, -0.1) is 11.3 Å². The third-order valence-electron chi connectivity index (χ3n) is 3.63. The van der Waals surface area contributed by atoms with Crippen LogP contribution >= 0.6 is 22.9 Å². The van der Waals surface area contributed by atoms with E-state index in [4.69, 9.17) is 21.6 Å². The topological polar surface area (TPSA) is 79.2 Å². The second-order valence-electron chi connectivity index (χ2n) is 5.47. The van der Waals surface area contributed by atoms with Gasteiger partial charge < -0.3 is 10.1 Å². The molecular weight excluding hydrogens is 372 g/mol. The summed E-state index contributed by atoms with van der Waals surface area (Å²) in [5, 5.41) is 12.6. The van der Waals surface area contributed by atoms with Gasteiger partial charge in [-0.05, 0) is 31.2 Å². The third kappa shape index (κ3) is 3.69. The maximum absolute atomic E-state index is 12.4.